The van der Waals surface area contributed by atoms with Gasteiger partial charge < -0.3 is 37.6 Å². The van der Waals surface area contributed by atoms with Crippen molar-refractivity contribution in [2.45, 2.75) is 57.7 Å². The fraction of sp³-hybridized carbons (Fsp3) is 0.545. The van der Waals surface area contributed by atoms with Crippen LogP contribution in [-0.4, -0.2) is 65.1 Å². The summed E-state index contributed by atoms with van der Waals surface area (Å²) in [6.07, 6.45) is 1.89. The lowest BCUT2D eigenvalue weighted by Crippen LogP contribution is -2.54. The van der Waals surface area contributed by atoms with E-state index in [0.29, 0.717) is 24.9 Å². The zero-order valence-electron chi connectivity index (χ0n) is 19.0. The third kappa shape index (κ3) is 10.3. The highest BCUT2D eigenvalue weighted by molar-refractivity contribution is 5.92. The number of aliphatic carboxylic acids is 1. The summed E-state index contributed by atoms with van der Waals surface area (Å²) in [5, 5.41) is 26.0. The molecule has 33 heavy (non-hydrogen) atoms. The molecule has 0 aliphatic heterocycles. The molecule has 0 heterocycles. The molecule has 0 bridgehead atoms. The van der Waals surface area contributed by atoms with Crippen molar-refractivity contribution in [3.05, 3.63) is 29.8 Å². The van der Waals surface area contributed by atoms with Gasteiger partial charge in [-0.25, -0.2) is 4.79 Å². The Labute approximate surface area is 193 Å². The van der Waals surface area contributed by atoms with Crippen LogP contribution in [0.4, 0.5) is 0 Å². The van der Waals surface area contributed by atoms with Crippen LogP contribution in [0.2, 0.25) is 0 Å². The Bertz CT molecular complexity index is 799. The Hall–Kier alpha value is -3.18. The third-order valence-corrected chi connectivity index (χ3v) is 4.99. The number of carboxylic acids is 1. The second kappa shape index (κ2) is 14.1. The van der Waals surface area contributed by atoms with Gasteiger partial charge in [0.05, 0.1) is 12.6 Å². The third-order valence-electron chi connectivity index (χ3n) is 4.99. The van der Waals surface area contributed by atoms with E-state index >= 15 is 0 Å². The van der Waals surface area contributed by atoms with Crippen LogP contribution >= 0.6 is 0 Å². The van der Waals surface area contributed by atoms with Crippen LogP contribution in [0, 0.1) is 5.92 Å². The number of amides is 3. The molecule has 1 aromatic carbocycles. The number of benzene rings is 1. The maximum Gasteiger partial charge on any atom is 0.326 e. The Kier molecular flexibility index (Phi) is 11.9. The molecule has 9 N–H and O–H groups in total. The second-order valence-corrected chi connectivity index (χ2v) is 8.17. The Morgan fingerprint density at radius 1 is 1.00 bits per heavy atom. The molecule has 1 aromatic rings. The van der Waals surface area contributed by atoms with Gasteiger partial charge in [0.15, 0.2) is 0 Å². The molecule has 0 radical (unpaired) electrons. The summed E-state index contributed by atoms with van der Waals surface area (Å²) in [5.41, 5.74) is 12.0. The molecule has 11 heteroatoms. The first-order valence-corrected chi connectivity index (χ1v) is 10.9. The van der Waals surface area contributed by atoms with Crippen molar-refractivity contribution >= 4 is 23.7 Å². The van der Waals surface area contributed by atoms with Crippen molar-refractivity contribution in [2.24, 2.45) is 17.4 Å². The average Bonchev–Trinajstić information content (AvgIpc) is 2.76. The van der Waals surface area contributed by atoms with Gasteiger partial charge in [-0.05, 0) is 43.0 Å². The van der Waals surface area contributed by atoms with Gasteiger partial charge in [0.1, 0.15) is 17.8 Å². The number of carbonyl (C=O) groups excluding carboxylic acids is 3. The van der Waals surface area contributed by atoms with Crippen LogP contribution in [0.3, 0.4) is 0 Å². The average molecular weight is 466 g/mol. The van der Waals surface area contributed by atoms with E-state index in [4.69, 9.17) is 11.5 Å². The van der Waals surface area contributed by atoms with Crippen LogP contribution < -0.4 is 27.4 Å². The summed E-state index contributed by atoms with van der Waals surface area (Å²) >= 11 is 0. The Morgan fingerprint density at radius 2 is 1.64 bits per heavy atom. The smallest absolute Gasteiger partial charge is 0.326 e. The van der Waals surface area contributed by atoms with E-state index in [1.807, 2.05) is 0 Å². The van der Waals surface area contributed by atoms with Crippen LogP contribution in [0.1, 0.15) is 38.7 Å². The van der Waals surface area contributed by atoms with Crippen molar-refractivity contribution in [1.29, 1.82) is 0 Å². The minimum absolute atomic E-state index is 0.0560. The highest BCUT2D eigenvalue weighted by Crippen LogP contribution is 2.12. The van der Waals surface area contributed by atoms with Gasteiger partial charge in [0.2, 0.25) is 17.7 Å². The van der Waals surface area contributed by atoms with Gasteiger partial charge in [-0.1, -0.05) is 32.4 Å². The maximum absolute atomic E-state index is 12.8. The van der Waals surface area contributed by atoms with E-state index in [-0.39, 0.29) is 18.1 Å². The lowest BCUT2D eigenvalue weighted by atomic mass is 10.0. The van der Waals surface area contributed by atoms with E-state index in [9.17, 15) is 29.4 Å². The normalized spacial score (nSPS) is 13.6. The second-order valence-electron chi connectivity index (χ2n) is 8.17. The molecule has 0 saturated heterocycles. The number of carbonyl (C=O) groups is 4. The van der Waals surface area contributed by atoms with E-state index in [2.05, 4.69) is 16.0 Å². The number of rotatable bonds is 14. The summed E-state index contributed by atoms with van der Waals surface area (Å²) in [4.78, 5) is 48.6. The lowest BCUT2D eigenvalue weighted by molar-refractivity contribution is -0.143. The monoisotopic (exact) mass is 465 g/mol. The van der Waals surface area contributed by atoms with Crippen molar-refractivity contribution in [3.63, 3.8) is 0 Å². The first kappa shape index (κ1) is 27.9. The molecule has 0 fully saturated rings. The summed E-state index contributed by atoms with van der Waals surface area (Å²) in [7, 11) is 0. The molecular formula is C22H35N5O6. The Balaban J connectivity index is 2.81. The van der Waals surface area contributed by atoms with Crippen LogP contribution in [0.5, 0.6) is 5.75 Å². The van der Waals surface area contributed by atoms with Gasteiger partial charge >= 0.3 is 5.97 Å². The quantitative estimate of drug-likeness (QED) is 0.174. The molecule has 3 atom stereocenters. The Morgan fingerprint density at radius 3 is 2.18 bits per heavy atom. The number of carboxylic acid groups (broad SMARTS) is 1. The maximum atomic E-state index is 12.8. The van der Waals surface area contributed by atoms with E-state index in [1.54, 1.807) is 26.0 Å². The van der Waals surface area contributed by atoms with E-state index in [0.717, 1.165) is 6.42 Å². The van der Waals surface area contributed by atoms with Gasteiger partial charge in [0.25, 0.3) is 0 Å². The molecule has 184 valence electrons. The molecule has 3 unspecified atom stereocenters. The zero-order chi connectivity index (χ0) is 25.0. The highest BCUT2D eigenvalue weighted by Gasteiger charge is 2.26. The number of phenols is 1. The van der Waals surface area contributed by atoms with Crippen molar-refractivity contribution in [3.8, 4) is 5.75 Å². The number of phenolic OH excluding ortho intramolecular Hbond substituents is 1. The van der Waals surface area contributed by atoms with Gasteiger partial charge in [0, 0.05) is 6.42 Å². The minimum atomic E-state index is -1.18. The van der Waals surface area contributed by atoms with Crippen LogP contribution in [-0.2, 0) is 25.6 Å². The SMILES string of the molecule is CC(C)C(NC(=O)CNC(=O)C(Cc1ccc(O)cc1)NC(=O)C(N)CCCCN)C(=O)O. The van der Waals surface area contributed by atoms with Crippen molar-refractivity contribution in [1.82, 2.24) is 16.0 Å². The molecule has 3 amide bonds. The fourth-order valence-corrected chi connectivity index (χ4v) is 3.02. The molecule has 0 aliphatic carbocycles. The first-order valence-electron chi connectivity index (χ1n) is 10.9. The minimum Gasteiger partial charge on any atom is -0.508 e. The van der Waals surface area contributed by atoms with E-state index in [1.165, 1.54) is 12.1 Å². The topological polar surface area (TPSA) is 197 Å². The first-order chi connectivity index (χ1) is 15.5. The molecule has 0 aromatic heterocycles. The number of hydrogen-bond donors (Lipinski definition) is 7. The molecule has 0 aliphatic rings. The number of nitrogens with two attached hydrogens (primary N) is 2. The standard InChI is InChI=1S/C22H35N5O6/c1-13(2)19(22(32)33)27-18(29)12-25-21(31)17(11-14-6-8-15(28)9-7-14)26-20(30)16(24)5-3-4-10-23/h6-9,13,16-17,19,28H,3-5,10-12,23-24H2,1-2H3,(H,25,31)(H,26,30)(H,27,29)(H,32,33). The van der Waals surface area contributed by atoms with E-state index < -0.39 is 48.4 Å². The lowest BCUT2D eigenvalue weighted by Gasteiger charge is -2.22. The summed E-state index contributed by atoms with van der Waals surface area (Å²) < 4.78 is 0. The van der Waals surface area contributed by atoms with Crippen LogP contribution in [0.25, 0.3) is 0 Å². The van der Waals surface area contributed by atoms with Gasteiger partial charge in [-0.2, -0.15) is 0 Å². The predicted molar refractivity (Wildman–Crippen MR) is 122 cm³/mol. The molecule has 0 saturated carbocycles. The summed E-state index contributed by atoms with van der Waals surface area (Å²) in [5.74, 6) is -3.27. The number of unbranched alkanes of at least 4 members (excludes halogenated alkanes) is 1. The molecular weight excluding hydrogens is 430 g/mol. The predicted octanol–water partition coefficient (Wildman–Crippen LogP) is -0.783. The summed E-state index contributed by atoms with van der Waals surface area (Å²) in [6.45, 7) is 3.33. The number of aromatic hydroxyl groups is 1. The zero-order valence-corrected chi connectivity index (χ0v) is 19.0. The van der Waals surface area contributed by atoms with Crippen molar-refractivity contribution in [2.75, 3.05) is 13.1 Å². The largest absolute Gasteiger partial charge is 0.508 e. The number of hydrogen-bond acceptors (Lipinski definition) is 7. The van der Waals surface area contributed by atoms with Gasteiger partial charge in [-0.3, -0.25) is 14.4 Å². The van der Waals surface area contributed by atoms with Gasteiger partial charge in [-0.15, -0.1) is 0 Å². The molecule has 0 spiro atoms. The summed E-state index contributed by atoms with van der Waals surface area (Å²) in [6, 6.07) is 3.18. The highest BCUT2D eigenvalue weighted by atomic mass is 16.4. The molecule has 11 nitrogen and oxygen atoms in total. The fourth-order valence-electron chi connectivity index (χ4n) is 3.02. The van der Waals surface area contributed by atoms with Crippen LogP contribution in [0.15, 0.2) is 24.3 Å². The van der Waals surface area contributed by atoms with Crippen molar-refractivity contribution < 1.29 is 29.4 Å². The molecule has 1 rings (SSSR count). The number of nitrogens with one attached hydrogen (secondary N) is 3.